The van der Waals surface area contributed by atoms with E-state index in [2.05, 4.69) is 0 Å². The fourth-order valence-corrected chi connectivity index (χ4v) is 2.01. The minimum absolute atomic E-state index is 0.263. The molecule has 0 aliphatic carbocycles. The van der Waals surface area contributed by atoms with Crippen LogP contribution in [0.2, 0.25) is 0 Å². The van der Waals surface area contributed by atoms with Crippen LogP contribution in [-0.4, -0.2) is 17.8 Å². The van der Waals surface area contributed by atoms with Crippen LogP contribution in [0.15, 0.2) is 12.1 Å². The highest BCUT2D eigenvalue weighted by atomic mass is 19.2. The molecule has 1 heterocycles. The van der Waals surface area contributed by atoms with Crippen molar-refractivity contribution < 1.29 is 18.6 Å². The highest BCUT2D eigenvalue weighted by molar-refractivity contribution is 5.30. The summed E-state index contributed by atoms with van der Waals surface area (Å²) in [7, 11) is 0. The Morgan fingerprint density at radius 3 is 2.81 bits per heavy atom. The molecule has 0 amide bonds. The van der Waals surface area contributed by atoms with Crippen LogP contribution in [0.5, 0.6) is 0 Å². The Balaban J connectivity index is 2.29. The van der Waals surface area contributed by atoms with Crippen molar-refractivity contribution in [1.82, 2.24) is 0 Å². The summed E-state index contributed by atoms with van der Waals surface area (Å²) < 4.78 is 31.7. The van der Waals surface area contributed by atoms with Gasteiger partial charge in [0.2, 0.25) is 0 Å². The highest BCUT2D eigenvalue weighted by Gasteiger charge is 2.25. The molecule has 2 atom stereocenters. The standard InChI is InChI=1S/C12H14F2O2/c1-7-9(2-3-10(13)12(7)14)11-6-8(15)4-5-16-11/h2-3,8,11,15H,4-6H2,1H3. The summed E-state index contributed by atoms with van der Waals surface area (Å²) >= 11 is 0. The van der Waals surface area contributed by atoms with E-state index >= 15 is 0 Å². The summed E-state index contributed by atoms with van der Waals surface area (Å²) in [6.07, 6.45) is 0.274. The fraction of sp³-hybridized carbons (Fsp3) is 0.500. The van der Waals surface area contributed by atoms with Crippen molar-refractivity contribution in [1.29, 1.82) is 0 Å². The van der Waals surface area contributed by atoms with Crippen molar-refractivity contribution in [2.75, 3.05) is 6.61 Å². The lowest BCUT2D eigenvalue weighted by Gasteiger charge is -2.27. The van der Waals surface area contributed by atoms with E-state index in [0.717, 1.165) is 6.07 Å². The number of aliphatic hydroxyl groups excluding tert-OH is 1. The third-order valence-electron chi connectivity index (χ3n) is 2.98. The van der Waals surface area contributed by atoms with E-state index < -0.39 is 17.7 Å². The average Bonchev–Trinajstić information content (AvgIpc) is 2.26. The lowest BCUT2D eigenvalue weighted by molar-refractivity contribution is -0.0451. The van der Waals surface area contributed by atoms with Gasteiger partial charge in [0, 0.05) is 13.0 Å². The topological polar surface area (TPSA) is 29.5 Å². The lowest BCUT2D eigenvalue weighted by Crippen LogP contribution is -2.24. The Kier molecular flexibility index (Phi) is 3.21. The zero-order valence-electron chi connectivity index (χ0n) is 9.04. The smallest absolute Gasteiger partial charge is 0.162 e. The minimum Gasteiger partial charge on any atom is -0.393 e. The van der Waals surface area contributed by atoms with Crippen LogP contribution in [0.4, 0.5) is 8.78 Å². The van der Waals surface area contributed by atoms with Gasteiger partial charge in [0.05, 0.1) is 12.2 Å². The summed E-state index contributed by atoms with van der Waals surface area (Å²) in [4.78, 5) is 0. The molecule has 0 spiro atoms. The fourth-order valence-electron chi connectivity index (χ4n) is 2.01. The van der Waals surface area contributed by atoms with E-state index in [0.29, 0.717) is 25.0 Å². The van der Waals surface area contributed by atoms with Crippen LogP contribution < -0.4 is 0 Å². The van der Waals surface area contributed by atoms with Gasteiger partial charge in [-0.05, 0) is 30.5 Å². The van der Waals surface area contributed by atoms with Gasteiger partial charge in [0.25, 0.3) is 0 Å². The van der Waals surface area contributed by atoms with Gasteiger partial charge in [-0.2, -0.15) is 0 Å². The minimum atomic E-state index is -0.849. The van der Waals surface area contributed by atoms with Crippen LogP contribution in [0.3, 0.4) is 0 Å². The van der Waals surface area contributed by atoms with Crippen LogP contribution in [-0.2, 0) is 4.74 Å². The first-order valence-electron chi connectivity index (χ1n) is 5.33. The molecule has 1 N–H and O–H groups in total. The molecule has 1 saturated heterocycles. The molecule has 1 aromatic carbocycles. The Morgan fingerprint density at radius 1 is 1.38 bits per heavy atom. The molecule has 1 fully saturated rings. The van der Waals surface area contributed by atoms with E-state index in [1.165, 1.54) is 13.0 Å². The molecule has 2 unspecified atom stereocenters. The molecule has 88 valence electrons. The van der Waals surface area contributed by atoms with Gasteiger partial charge in [-0.1, -0.05) is 6.07 Å². The van der Waals surface area contributed by atoms with Gasteiger partial charge >= 0.3 is 0 Å². The summed E-state index contributed by atoms with van der Waals surface area (Å²) in [6.45, 7) is 1.97. The van der Waals surface area contributed by atoms with Gasteiger partial charge < -0.3 is 9.84 Å². The predicted octanol–water partition coefficient (Wildman–Crippen LogP) is 2.49. The second-order valence-corrected chi connectivity index (χ2v) is 4.11. The van der Waals surface area contributed by atoms with Crippen molar-refractivity contribution in [3.63, 3.8) is 0 Å². The van der Waals surface area contributed by atoms with Gasteiger partial charge in [-0.3, -0.25) is 0 Å². The molecular formula is C12H14F2O2. The predicted molar refractivity (Wildman–Crippen MR) is 55.0 cm³/mol. The summed E-state index contributed by atoms with van der Waals surface area (Å²) in [5.74, 6) is -1.68. The number of hydrogen-bond acceptors (Lipinski definition) is 2. The van der Waals surface area contributed by atoms with Crippen LogP contribution in [0.25, 0.3) is 0 Å². The molecule has 0 saturated carbocycles. The normalized spacial score (nSPS) is 25.8. The monoisotopic (exact) mass is 228 g/mol. The third kappa shape index (κ3) is 2.08. The number of benzene rings is 1. The summed E-state index contributed by atoms with van der Waals surface area (Å²) in [5, 5.41) is 9.51. The maximum Gasteiger partial charge on any atom is 0.162 e. The van der Waals surface area contributed by atoms with Crippen molar-refractivity contribution in [2.45, 2.75) is 32.0 Å². The van der Waals surface area contributed by atoms with Gasteiger partial charge in [0.15, 0.2) is 11.6 Å². The number of halogens is 2. The molecule has 2 rings (SSSR count). The highest BCUT2D eigenvalue weighted by Crippen LogP contribution is 2.31. The van der Waals surface area contributed by atoms with Gasteiger partial charge in [-0.15, -0.1) is 0 Å². The SMILES string of the molecule is Cc1c(C2CC(O)CCO2)ccc(F)c1F. The quantitative estimate of drug-likeness (QED) is 0.800. The molecule has 1 aliphatic heterocycles. The maximum absolute atomic E-state index is 13.4. The molecule has 0 radical (unpaired) electrons. The zero-order chi connectivity index (χ0) is 11.7. The number of hydrogen-bond donors (Lipinski definition) is 1. The molecular weight excluding hydrogens is 214 g/mol. The Labute approximate surface area is 92.9 Å². The van der Waals surface area contributed by atoms with Crippen LogP contribution >= 0.6 is 0 Å². The van der Waals surface area contributed by atoms with Crippen LogP contribution in [0, 0.1) is 18.6 Å². The molecule has 0 bridgehead atoms. The maximum atomic E-state index is 13.4. The summed E-state index contributed by atoms with van der Waals surface area (Å²) in [6, 6.07) is 2.62. The Bertz CT molecular complexity index is 393. The number of ether oxygens (including phenoxy) is 1. The van der Waals surface area contributed by atoms with E-state index in [-0.39, 0.29) is 11.7 Å². The van der Waals surface area contributed by atoms with E-state index in [1.807, 2.05) is 0 Å². The van der Waals surface area contributed by atoms with Crippen molar-refractivity contribution in [3.8, 4) is 0 Å². The van der Waals surface area contributed by atoms with E-state index in [4.69, 9.17) is 4.74 Å². The van der Waals surface area contributed by atoms with E-state index in [9.17, 15) is 13.9 Å². The third-order valence-corrected chi connectivity index (χ3v) is 2.98. The van der Waals surface area contributed by atoms with Crippen molar-refractivity contribution in [2.24, 2.45) is 0 Å². The molecule has 4 heteroatoms. The second kappa shape index (κ2) is 4.47. The Hall–Kier alpha value is -1.00. The Morgan fingerprint density at radius 2 is 2.12 bits per heavy atom. The van der Waals surface area contributed by atoms with E-state index in [1.54, 1.807) is 0 Å². The molecule has 1 aliphatic rings. The molecule has 16 heavy (non-hydrogen) atoms. The first-order valence-corrected chi connectivity index (χ1v) is 5.33. The average molecular weight is 228 g/mol. The zero-order valence-corrected chi connectivity index (χ0v) is 9.04. The van der Waals surface area contributed by atoms with Crippen molar-refractivity contribution >= 4 is 0 Å². The van der Waals surface area contributed by atoms with Crippen molar-refractivity contribution in [3.05, 3.63) is 34.9 Å². The number of rotatable bonds is 1. The summed E-state index contributed by atoms with van der Waals surface area (Å²) in [5.41, 5.74) is 0.886. The first-order chi connectivity index (χ1) is 7.59. The molecule has 2 nitrogen and oxygen atoms in total. The molecule has 1 aromatic rings. The number of aliphatic hydroxyl groups is 1. The van der Waals surface area contributed by atoms with Gasteiger partial charge in [-0.25, -0.2) is 8.78 Å². The first kappa shape index (κ1) is 11.5. The molecule has 0 aromatic heterocycles. The van der Waals surface area contributed by atoms with Gasteiger partial charge in [0.1, 0.15) is 0 Å². The largest absolute Gasteiger partial charge is 0.393 e. The lowest BCUT2D eigenvalue weighted by atomic mass is 9.95. The van der Waals surface area contributed by atoms with Crippen LogP contribution in [0.1, 0.15) is 30.1 Å². The second-order valence-electron chi connectivity index (χ2n) is 4.11.